The van der Waals surface area contributed by atoms with E-state index in [0.717, 1.165) is 27.7 Å². The lowest BCUT2D eigenvalue weighted by Gasteiger charge is -2.51. The SMILES string of the molecule is CC(=O)N[C@H]1[C@H](O[C@H]2[C@H](O)[C@@H](NC(C)=O)C(O)O[C@@H]2CO)O[C@H](CO)[C@@H](O[C@@H]2O[C@H](CO[C@H]3O[C@H](CO)[C@@H](O)[C@H](O[C@H]4O[C@H](CO)[C@@H](O)[C@H](O)[C@@H]4O[C@H]4O[C@H](CO)[C@@H](O)[C@H](O)[C@@H]4O)[C@@H]3O)[C@@H](O)[C@H](O[C@H]3O[C@H](CO)[C@@H](O)[C@H](O)[C@@H]3O[C@@H]3O[C@H](CO)[C@@H](O[C@@H]4O[C@H](CO)[C@H](O)[C@H](O)[C@H]4NC(C)=O)[C@H](O)[C@H]3NC(C)=O)[C@@H]2O)[C@@H]1O. The molecular weight excluding hydrogens is 1540 g/mol. The van der Waals surface area contributed by atoms with Crippen LogP contribution in [0.2, 0.25) is 0 Å². The summed E-state index contributed by atoms with van der Waals surface area (Å²) < 4.78 is 100. The van der Waals surface area contributed by atoms with Gasteiger partial charge in [0.15, 0.2) is 56.6 Å². The molecule has 9 rings (SSSR count). The first-order valence-corrected chi connectivity index (χ1v) is 35.6. The highest BCUT2D eigenvalue weighted by atomic mass is 16.8. The van der Waals surface area contributed by atoms with Gasteiger partial charge in [0.2, 0.25) is 23.6 Å². The molecule has 9 aliphatic heterocycles. The third kappa shape index (κ3) is 20.2. The van der Waals surface area contributed by atoms with Crippen LogP contribution in [0.4, 0.5) is 0 Å². The lowest BCUT2D eigenvalue weighted by atomic mass is 9.93. The maximum absolute atomic E-state index is 13.0. The van der Waals surface area contributed by atoms with Crippen LogP contribution in [0.1, 0.15) is 27.7 Å². The lowest BCUT2D eigenvalue weighted by molar-refractivity contribution is -0.399. The molecule has 9 fully saturated rings. The summed E-state index contributed by atoms with van der Waals surface area (Å²) in [4.78, 5) is 50.4. The van der Waals surface area contributed by atoms with Gasteiger partial charge in [0, 0.05) is 27.7 Å². The number of carbonyl (C=O) groups is 4. The van der Waals surface area contributed by atoms with Crippen LogP contribution >= 0.6 is 0 Å². The minimum absolute atomic E-state index is 0.786. The van der Waals surface area contributed by atoms with Gasteiger partial charge in [-0.3, -0.25) is 19.2 Å². The second kappa shape index (κ2) is 40.3. The normalized spacial score (nSPS) is 48.9. The van der Waals surface area contributed by atoms with Crippen molar-refractivity contribution in [1.82, 2.24) is 21.3 Å². The van der Waals surface area contributed by atoms with Crippen LogP contribution in [-0.2, 0) is 99.7 Å². The fraction of sp³-hybridized carbons (Fsp3) is 0.935. The van der Waals surface area contributed by atoms with Gasteiger partial charge in [-0.15, -0.1) is 0 Å². The first-order chi connectivity index (χ1) is 53.0. The van der Waals surface area contributed by atoms with E-state index in [4.69, 9.17) is 80.5 Å². The van der Waals surface area contributed by atoms with E-state index in [0.29, 0.717) is 0 Å². The van der Waals surface area contributed by atoms with Crippen LogP contribution in [0, 0.1) is 0 Å². The number of rotatable bonds is 29. The fourth-order valence-corrected chi connectivity index (χ4v) is 14.4. The van der Waals surface area contributed by atoms with Crippen molar-refractivity contribution in [2.24, 2.45) is 0 Å². The van der Waals surface area contributed by atoms with E-state index in [1.54, 1.807) is 0 Å². The molecule has 9 saturated heterocycles. The number of nitrogens with one attached hydrogen (secondary N) is 4. The van der Waals surface area contributed by atoms with Crippen molar-refractivity contribution in [3.8, 4) is 0 Å². The molecule has 112 heavy (non-hydrogen) atoms. The number of aliphatic hydroxyl groups excluding tert-OH is 25. The Morgan fingerprint density at radius 3 is 0.902 bits per heavy atom. The summed E-state index contributed by atoms with van der Waals surface area (Å²) in [7, 11) is 0. The molecule has 50 heteroatoms. The highest BCUT2D eigenvalue weighted by Gasteiger charge is 2.61. The molecule has 0 saturated carbocycles. The Morgan fingerprint density at radius 2 is 0.491 bits per heavy atom. The van der Waals surface area contributed by atoms with Crippen molar-refractivity contribution < 1.29 is 227 Å². The van der Waals surface area contributed by atoms with Crippen LogP contribution in [0.5, 0.6) is 0 Å². The van der Waals surface area contributed by atoms with Gasteiger partial charge in [-0.05, 0) is 0 Å². The second-order valence-electron chi connectivity index (χ2n) is 28.2. The molecule has 0 radical (unpaired) electrons. The minimum Gasteiger partial charge on any atom is -0.394 e. The maximum Gasteiger partial charge on any atom is 0.217 e. The predicted molar refractivity (Wildman–Crippen MR) is 343 cm³/mol. The molecule has 0 aromatic rings. The molecule has 9 aliphatic rings. The van der Waals surface area contributed by atoms with Gasteiger partial charge in [0.05, 0.1) is 59.5 Å². The summed E-state index contributed by atoms with van der Waals surface area (Å²) in [6, 6.07) is -7.19. The number of aliphatic hydroxyl groups is 25. The number of carbonyl (C=O) groups excluding carboxylic acids is 4. The molecule has 0 aromatic heterocycles. The average molecular weight is 1640 g/mol. The second-order valence-corrected chi connectivity index (χ2v) is 28.2. The van der Waals surface area contributed by atoms with E-state index in [-0.39, 0.29) is 0 Å². The highest BCUT2D eigenvalue weighted by Crippen LogP contribution is 2.40. The minimum atomic E-state index is -2.57. The number of hydrogen-bond donors (Lipinski definition) is 29. The van der Waals surface area contributed by atoms with Crippen LogP contribution < -0.4 is 21.3 Å². The first kappa shape index (κ1) is 92.1. The zero-order valence-corrected chi connectivity index (χ0v) is 60.1. The van der Waals surface area contributed by atoms with Crippen molar-refractivity contribution in [3.05, 3.63) is 0 Å². The van der Waals surface area contributed by atoms with Crippen LogP contribution in [-0.4, -0.2) is 487 Å². The summed E-state index contributed by atoms with van der Waals surface area (Å²) in [5.41, 5.74) is 0. The number of hydrogen-bond acceptors (Lipinski definition) is 46. The van der Waals surface area contributed by atoms with E-state index in [1.165, 1.54) is 0 Å². The van der Waals surface area contributed by atoms with Crippen LogP contribution in [0.3, 0.4) is 0 Å². The molecule has 0 bridgehead atoms. The molecule has 0 aromatic carbocycles. The van der Waals surface area contributed by atoms with Gasteiger partial charge in [-0.25, -0.2) is 0 Å². The van der Waals surface area contributed by atoms with Crippen molar-refractivity contribution >= 4 is 23.6 Å². The van der Waals surface area contributed by atoms with Gasteiger partial charge in [0.25, 0.3) is 0 Å². The van der Waals surface area contributed by atoms with Gasteiger partial charge >= 0.3 is 0 Å². The van der Waals surface area contributed by atoms with Crippen molar-refractivity contribution in [3.63, 3.8) is 0 Å². The summed E-state index contributed by atoms with van der Waals surface area (Å²) in [5.74, 6) is -3.49. The van der Waals surface area contributed by atoms with Gasteiger partial charge < -0.3 is 229 Å². The Labute approximate surface area is 634 Å². The summed E-state index contributed by atoms with van der Waals surface area (Å²) >= 11 is 0. The molecular formula is C62H104N4O46. The molecule has 1 unspecified atom stereocenters. The third-order valence-electron chi connectivity index (χ3n) is 20.4. The monoisotopic (exact) mass is 1640 g/mol. The van der Waals surface area contributed by atoms with Crippen molar-refractivity contribution in [1.29, 1.82) is 0 Å². The van der Waals surface area contributed by atoms with Crippen molar-refractivity contribution in [2.45, 2.75) is 304 Å². The first-order valence-electron chi connectivity index (χ1n) is 35.6. The molecule has 0 spiro atoms. The standard InChI is InChI=1S/C62H104N4O46/c1-14(75)63-27-38(86)47(23(10-72)97-54(27)95)106-56-29(65-16(3)77)40(88)49(25(12-74)103-56)108-60-46(94)51(36(84)26(105-60)13-96-58-45(93)50(35(83)22(9-71)99-58)109-62-53(43(91)34(82)21(8-70)102-62)112-59-44(92)41(89)32(80)19(6-68)100-59)110-61-52(42(90)33(81)20(7-69)101-61)111-57-30(66-17(4)78)39(87)48(24(11-73)104-57)107-55-28(64-15(2)76)37(85)31(79)18(5-67)98-55/h18-62,67-74,79-95H,5-13H2,1-4H3,(H,63,75)(H,64,76)(H,65,77)(H,66,78)/t18-,19-,20-,21-,22-,23-,24-,25-,26-,27-,28-,29-,30-,31+,32-,33-,34-,35-,36-,37-,38-,39-,40-,41+,42+,43+,44+,45+,46+,47-,48-,49-,50+,51+,52+,53+,54?,55+,56+,57+,58+,59-,60+,61-,62-/m1/s1. The Hall–Kier alpha value is -3.80. The van der Waals surface area contributed by atoms with Gasteiger partial charge in [0.1, 0.15) is 219 Å². The largest absolute Gasteiger partial charge is 0.394 e. The summed E-state index contributed by atoms with van der Waals surface area (Å²) in [5, 5.41) is 287. The van der Waals surface area contributed by atoms with E-state index in [1.807, 2.05) is 0 Å². The van der Waals surface area contributed by atoms with E-state index >= 15 is 0 Å². The maximum atomic E-state index is 13.0. The van der Waals surface area contributed by atoms with E-state index < -0.39 is 359 Å². The molecule has 45 atom stereocenters. The average Bonchev–Trinajstić information content (AvgIpc) is 0.770. The van der Waals surface area contributed by atoms with Crippen molar-refractivity contribution in [2.75, 3.05) is 59.5 Å². The zero-order chi connectivity index (χ0) is 82.5. The Balaban J connectivity index is 1.04. The quantitative estimate of drug-likeness (QED) is 0.0331. The van der Waals surface area contributed by atoms with E-state index in [2.05, 4.69) is 21.3 Å². The molecule has 9 heterocycles. The molecule has 0 aliphatic carbocycles. The zero-order valence-electron chi connectivity index (χ0n) is 60.1. The molecule has 29 N–H and O–H groups in total. The fourth-order valence-electron chi connectivity index (χ4n) is 14.4. The van der Waals surface area contributed by atoms with Gasteiger partial charge in [-0.2, -0.15) is 0 Å². The van der Waals surface area contributed by atoms with Crippen LogP contribution in [0.15, 0.2) is 0 Å². The predicted octanol–water partition coefficient (Wildman–Crippen LogP) is -20.1. The highest BCUT2D eigenvalue weighted by molar-refractivity contribution is 5.74. The third-order valence-corrected chi connectivity index (χ3v) is 20.4. The topological polar surface area (TPSA) is 779 Å². The molecule has 4 amide bonds. The summed E-state index contributed by atoms with van der Waals surface area (Å²) in [6.07, 6.45) is -85.6. The molecule has 50 nitrogen and oxygen atoms in total. The Morgan fingerprint density at radius 1 is 0.232 bits per heavy atom. The number of ether oxygens (including phenoxy) is 17. The Bertz CT molecular complexity index is 2970. The lowest BCUT2D eigenvalue weighted by Crippen LogP contribution is -2.71. The smallest absolute Gasteiger partial charge is 0.217 e. The Kier molecular flexibility index (Phi) is 33.1. The molecule has 648 valence electrons. The van der Waals surface area contributed by atoms with Gasteiger partial charge in [-0.1, -0.05) is 0 Å². The number of amides is 4. The summed E-state index contributed by atoms with van der Waals surface area (Å²) in [6.45, 7) is -5.95. The van der Waals surface area contributed by atoms with E-state index in [9.17, 15) is 147 Å². The van der Waals surface area contributed by atoms with Crippen LogP contribution in [0.25, 0.3) is 0 Å².